The monoisotopic (exact) mass is 354 g/mol. The minimum atomic E-state index is 0.698. The van der Waals surface area contributed by atoms with Gasteiger partial charge in [0, 0.05) is 5.56 Å². The number of hydrogen-bond donors (Lipinski definition) is 0. The van der Waals surface area contributed by atoms with Gasteiger partial charge in [-0.2, -0.15) is 0 Å². The lowest BCUT2D eigenvalue weighted by molar-refractivity contribution is 0.155. The van der Waals surface area contributed by atoms with Gasteiger partial charge in [-0.25, -0.2) is 0 Å². The second-order valence-corrected chi connectivity index (χ2v) is 8.73. The molecule has 0 bridgehead atoms. The molecule has 0 amide bonds. The van der Waals surface area contributed by atoms with Crippen LogP contribution in [0.25, 0.3) is 0 Å². The van der Waals surface area contributed by atoms with Crippen molar-refractivity contribution in [1.82, 2.24) is 0 Å². The normalized spacial score (nSPS) is 29.0. The van der Waals surface area contributed by atoms with Crippen LogP contribution in [0.15, 0.2) is 24.3 Å². The van der Waals surface area contributed by atoms with Crippen LogP contribution >= 0.6 is 0 Å². The number of unbranched alkanes of at least 4 members (excludes halogenated alkanes) is 2. The van der Waals surface area contributed by atoms with Gasteiger partial charge in [-0.3, -0.25) is 0 Å². The molecular formula is C25H35F. The Morgan fingerprint density at radius 3 is 2.04 bits per heavy atom. The summed E-state index contributed by atoms with van der Waals surface area (Å²) in [6.45, 7) is 2.31. The molecule has 1 heteroatoms. The first kappa shape index (κ1) is 19.5. The van der Waals surface area contributed by atoms with Crippen LogP contribution in [0.3, 0.4) is 0 Å². The minimum Gasteiger partial charge on any atom is -0.144 e. The molecule has 2 aliphatic carbocycles. The summed E-state index contributed by atoms with van der Waals surface area (Å²) in [6.07, 6.45) is 18.6. The van der Waals surface area contributed by atoms with Gasteiger partial charge in [-0.05, 0) is 85.8 Å². The van der Waals surface area contributed by atoms with E-state index >= 15 is 0 Å². The smallest absolute Gasteiger partial charge is 0.111 e. The standard InChI is InChI=1S/C25H35F/c1-2-3-4-5-20-6-10-22(11-7-20)24-14-16-25(17-15-24)23-12-8-21(9-13-23)18-19-26/h8-9,12-13,20,22,24-25H,2-7,10-11,14-17H2,1H3. The maximum atomic E-state index is 12.1. The van der Waals surface area contributed by atoms with E-state index in [0.717, 1.165) is 23.3 Å². The van der Waals surface area contributed by atoms with E-state index in [9.17, 15) is 4.39 Å². The van der Waals surface area contributed by atoms with Gasteiger partial charge in [-0.15, -0.1) is 4.39 Å². The molecule has 0 unspecified atom stereocenters. The van der Waals surface area contributed by atoms with E-state index in [1.807, 2.05) is 12.1 Å². The van der Waals surface area contributed by atoms with Crippen molar-refractivity contribution >= 4 is 0 Å². The summed E-state index contributed by atoms with van der Waals surface area (Å²) in [5.41, 5.74) is 2.20. The summed E-state index contributed by atoms with van der Waals surface area (Å²) in [5, 5.41) is 0. The molecule has 2 fully saturated rings. The summed E-state index contributed by atoms with van der Waals surface area (Å²) in [6, 6.07) is 8.25. The highest BCUT2D eigenvalue weighted by molar-refractivity contribution is 5.36. The molecule has 2 saturated carbocycles. The molecule has 2 aliphatic rings. The van der Waals surface area contributed by atoms with Crippen molar-refractivity contribution in [3.8, 4) is 12.1 Å². The maximum absolute atomic E-state index is 12.1. The van der Waals surface area contributed by atoms with Gasteiger partial charge in [0.25, 0.3) is 0 Å². The van der Waals surface area contributed by atoms with Crippen LogP contribution in [0.2, 0.25) is 0 Å². The van der Waals surface area contributed by atoms with Gasteiger partial charge in [-0.1, -0.05) is 57.6 Å². The van der Waals surface area contributed by atoms with E-state index in [4.69, 9.17) is 0 Å². The molecule has 3 rings (SSSR count). The van der Waals surface area contributed by atoms with Crippen molar-refractivity contribution in [3.05, 3.63) is 35.4 Å². The van der Waals surface area contributed by atoms with Gasteiger partial charge in [0.2, 0.25) is 0 Å². The third-order valence-electron chi connectivity index (χ3n) is 7.12. The van der Waals surface area contributed by atoms with Crippen molar-refractivity contribution in [3.63, 3.8) is 0 Å². The zero-order valence-corrected chi connectivity index (χ0v) is 16.5. The maximum Gasteiger partial charge on any atom is 0.111 e. The first-order valence-corrected chi connectivity index (χ1v) is 11.0. The number of benzene rings is 1. The molecule has 142 valence electrons. The summed E-state index contributed by atoms with van der Waals surface area (Å²) in [4.78, 5) is 0. The Morgan fingerprint density at radius 1 is 0.846 bits per heavy atom. The van der Waals surface area contributed by atoms with Crippen molar-refractivity contribution in [2.24, 2.45) is 17.8 Å². The van der Waals surface area contributed by atoms with Crippen molar-refractivity contribution < 1.29 is 4.39 Å². The zero-order valence-electron chi connectivity index (χ0n) is 16.5. The van der Waals surface area contributed by atoms with E-state index in [0.29, 0.717) is 5.92 Å². The Bertz CT molecular complexity index is 575. The molecule has 0 aliphatic heterocycles. The van der Waals surface area contributed by atoms with E-state index in [-0.39, 0.29) is 0 Å². The lowest BCUT2D eigenvalue weighted by Crippen LogP contribution is -2.25. The number of halogens is 1. The van der Waals surface area contributed by atoms with Crippen LogP contribution in [0.1, 0.15) is 101 Å². The summed E-state index contributed by atoms with van der Waals surface area (Å²) in [7, 11) is 0. The number of hydrogen-bond acceptors (Lipinski definition) is 0. The van der Waals surface area contributed by atoms with Crippen LogP contribution in [0.5, 0.6) is 0 Å². The summed E-state index contributed by atoms with van der Waals surface area (Å²) in [5.74, 6) is 6.19. The van der Waals surface area contributed by atoms with Crippen molar-refractivity contribution in [2.75, 3.05) is 0 Å². The Labute approximate surface area is 160 Å². The molecule has 1 aromatic rings. The van der Waals surface area contributed by atoms with Gasteiger partial charge in [0.05, 0.1) is 0 Å². The average Bonchev–Trinajstić information content (AvgIpc) is 2.70. The van der Waals surface area contributed by atoms with E-state index < -0.39 is 0 Å². The highest BCUT2D eigenvalue weighted by atomic mass is 19.1. The zero-order chi connectivity index (χ0) is 18.2. The predicted molar refractivity (Wildman–Crippen MR) is 109 cm³/mol. The van der Waals surface area contributed by atoms with Crippen molar-refractivity contribution in [1.29, 1.82) is 0 Å². The first-order chi connectivity index (χ1) is 12.8. The lowest BCUT2D eigenvalue weighted by atomic mass is 9.68. The fraction of sp³-hybridized carbons (Fsp3) is 0.680. The molecule has 0 spiro atoms. The molecule has 0 radical (unpaired) electrons. The second kappa shape index (κ2) is 10.1. The Morgan fingerprint density at radius 2 is 1.46 bits per heavy atom. The minimum absolute atomic E-state index is 0.698. The molecule has 26 heavy (non-hydrogen) atoms. The summed E-state index contributed by atoms with van der Waals surface area (Å²) >= 11 is 0. The largest absolute Gasteiger partial charge is 0.144 e. The Hall–Kier alpha value is -1.29. The van der Waals surface area contributed by atoms with Crippen LogP contribution in [-0.2, 0) is 0 Å². The molecule has 0 N–H and O–H groups in total. The second-order valence-electron chi connectivity index (χ2n) is 8.73. The fourth-order valence-corrected chi connectivity index (χ4v) is 5.45. The van der Waals surface area contributed by atoms with Crippen molar-refractivity contribution in [2.45, 2.75) is 89.9 Å². The lowest BCUT2D eigenvalue weighted by Gasteiger charge is -2.38. The van der Waals surface area contributed by atoms with E-state index in [1.165, 1.54) is 88.8 Å². The molecule has 0 atom stereocenters. The predicted octanol–water partition coefficient (Wildman–Crippen LogP) is 7.63. The highest BCUT2D eigenvalue weighted by Gasteiger charge is 2.31. The first-order valence-electron chi connectivity index (χ1n) is 11.0. The molecule has 0 nitrogen and oxygen atoms in total. The summed E-state index contributed by atoms with van der Waals surface area (Å²) < 4.78 is 12.1. The molecule has 1 aromatic carbocycles. The van der Waals surface area contributed by atoms with E-state index in [2.05, 4.69) is 25.0 Å². The fourth-order valence-electron chi connectivity index (χ4n) is 5.45. The highest BCUT2D eigenvalue weighted by Crippen LogP contribution is 2.44. The molecular weight excluding hydrogens is 319 g/mol. The van der Waals surface area contributed by atoms with Gasteiger partial charge in [0.15, 0.2) is 0 Å². The topological polar surface area (TPSA) is 0 Å². The van der Waals surface area contributed by atoms with E-state index in [1.54, 1.807) is 0 Å². The van der Waals surface area contributed by atoms with Crippen LogP contribution in [-0.4, -0.2) is 0 Å². The Balaban J connectivity index is 1.42. The third-order valence-corrected chi connectivity index (χ3v) is 7.12. The number of rotatable bonds is 6. The van der Waals surface area contributed by atoms with Crippen LogP contribution in [0.4, 0.5) is 4.39 Å². The third kappa shape index (κ3) is 5.35. The van der Waals surface area contributed by atoms with Gasteiger partial charge in [0.1, 0.15) is 6.17 Å². The molecule has 0 saturated heterocycles. The molecule has 0 aromatic heterocycles. The molecule has 0 heterocycles. The SMILES string of the molecule is CCCCCC1CCC(C2CCC(c3ccc(C#CF)cc3)CC2)CC1. The van der Waals surface area contributed by atoms with Crippen LogP contribution in [0, 0.1) is 29.8 Å². The Kier molecular flexibility index (Phi) is 7.60. The van der Waals surface area contributed by atoms with Gasteiger partial charge >= 0.3 is 0 Å². The quantitative estimate of drug-likeness (QED) is 0.364. The van der Waals surface area contributed by atoms with Gasteiger partial charge < -0.3 is 0 Å². The average molecular weight is 355 g/mol. The van der Waals surface area contributed by atoms with Crippen LogP contribution < -0.4 is 0 Å².